The average molecular weight is 395 g/mol. The number of halogens is 1. The van der Waals surface area contributed by atoms with Crippen molar-refractivity contribution in [2.75, 3.05) is 5.75 Å². The first-order valence-corrected chi connectivity index (χ1v) is 9.08. The van der Waals surface area contributed by atoms with Crippen molar-refractivity contribution in [2.24, 2.45) is 0 Å². The zero-order chi connectivity index (χ0) is 15.4. The fourth-order valence-corrected chi connectivity index (χ4v) is 3.88. The molecule has 0 aliphatic rings. The molecule has 0 aliphatic heterocycles. The number of thiophene rings is 1. The zero-order valence-electron chi connectivity index (χ0n) is 11.4. The highest BCUT2D eigenvalue weighted by Gasteiger charge is 2.13. The largest absolute Gasteiger partial charge is 0.416 e. The minimum atomic E-state index is 0.0588. The molecule has 0 saturated heterocycles. The molecule has 0 bridgehead atoms. The molecule has 2 heterocycles. The van der Waals surface area contributed by atoms with Crippen LogP contribution in [-0.4, -0.2) is 21.7 Å². The van der Waals surface area contributed by atoms with Gasteiger partial charge in [-0.15, -0.1) is 21.5 Å². The summed E-state index contributed by atoms with van der Waals surface area (Å²) in [5.41, 5.74) is 1.11. The molecule has 0 spiro atoms. The van der Waals surface area contributed by atoms with Gasteiger partial charge < -0.3 is 4.42 Å². The lowest BCUT2D eigenvalue weighted by molar-refractivity contribution is 0.102. The van der Waals surface area contributed by atoms with Crippen molar-refractivity contribution >= 4 is 44.8 Å². The molecule has 3 rings (SSSR count). The summed E-state index contributed by atoms with van der Waals surface area (Å²) in [5.74, 6) is 0.906. The van der Waals surface area contributed by atoms with Crippen LogP contribution >= 0.6 is 39.0 Å². The van der Waals surface area contributed by atoms with Crippen LogP contribution in [0.25, 0.3) is 0 Å². The number of nitrogens with zero attached hydrogens (tertiary/aromatic N) is 2. The fourth-order valence-electron chi connectivity index (χ4n) is 1.80. The van der Waals surface area contributed by atoms with Crippen LogP contribution in [0.15, 0.2) is 55.9 Å². The number of hydrogen-bond acceptors (Lipinski definition) is 6. The fraction of sp³-hybridized carbons (Fsp3) is 0.133. The Morgan fingerprint density at radius 2 is 2.00 bits per heavy atom. The summed E-state index contributed by atoms with van der Waals surface area (Å²) in [4.78, 5) is 12.7. The third-order valence-corrected chi connectivity index (χ3v) is 5.30. The van der Waals surface area contributed by atoms with E-state index in [1.54, 1.807) is 0 Å². The SMILES string of the molecule is O=C(CSc1nnc(Cc2ccccc2)o1)c1ccc(Br)s1. The van der Waals surface area contributed by atoms with Crippen molar-refractivity contribution in [2.45, 2.75) is 11.6 Å². The number of ketones is 1. The Hall–Kier alpha value is -1.44. The topological polar surface area (TPSA) is 56.0 Å². The van der Waals surface area contributed by atoms with E-state index in [9.17, 15) is 4.79 Å². The number of thioether (sulfide) groups is 1. The van der Waals surface area contributed by atoms with Crippen molar-refractivity contribution in [1.82, 2.24) is 10.2 Å². The summed E-state index contributed by atoms with van der Waals surface area (Å²) in [6.45, 7) is 0. The number of hydrogen-bond donors (Lipinski definition) is 0. The Kier molecular flexibility index (Phi) is 5.07. The molecular formula is C15H11BrN2O2S2. The highest BCUT2D eigenvalue weighted by atomic mass is 79.9. The molecular weight excluding hydrogens is 384 g/mol. The lowest BCUT2D eigenvalue weighted by atomic mass is 10.2. The van der Waals surface area contributed by atoms with E-state index >= 15 is 0 Å². The Balaban J connectivity index is 1.57. The average Bonchev–Trinajstić information content (AvgIpc) is 3.15. The minimum Gasteiger partial charge on any atom is -0.416 e. The van der Waals surface area contributed by atoms with Crippen molar-refractivity contribution in [1.29, 1.82) is 0 Å². The highest BCUT2D eigenvalue weighted by Crippen LogP contribution is 2.25. The predicted molar refractivity (Wildman–Crippen MR) is 90.6 cm³/mol. The first-order chi connectivity index (χ1) is 10.7. The van der Waals surface area contributed by atoms with Crippen LogP contribution in [-0.2, 0) is 6.42 Å². The van der Waals surface area contributed by atoms with Gasteiger partial charge in [-0.2, -0.15) is 0 Å². The Labute approximate surface area is 144 Å². The number of carbonyl (C=O) groups excluding carboxylic acids is 1. The molecule has 0 radical (unpaired) electrons. The molecule has 1 aromatic carbocycles. The third kappa shape index (κ3) is 4.06. The Morgan fingerprint density at radius 1 is 1.18 bits per heavy atom. The molecule has 112 valence electrons. The Morgan fingerprint density at radius 3 is 2.73 bits per heavy atom. The quantitative estimate of drug-likeness (QED) is 0.456. The second-order valence-corrected chi connectivity index (χ2v) is 7.83. The summed E-state index contributed by atoms with van der Waals surface area (Å²) in [7, 11) is 0. The van der Waals surface area contributed by atoms with Crippen molar-refractivity contribution in [3.63, 3.8) is 0 Å². The monoisotopic (exact) mass is 394 g/mol. The van der Waals surface area contributed by atoms with Gasteiger partial charge in [-0.25, -0.2) is 0 Å². The molecule has 7 heteroatoms. The van der Waals surface area contributed by atoms with E-state index in [0.29, 0.717) is 23.3 Å². The summed E-state index contributed by atoms with van der Waals surface area (Å²) >= 11 is 6.04. The molecule has 2 aromatic heterocycles. The van der Waals surface area contributed by atoms with E-state index in [1.165, 1.54) is 23.1 Å². The molecule has 0 aliphatic carbocycles. The first kappa shape index (κ1) is 15.5. The molecule has 0 amide bonds. The molecule has 0 unspecified atom stereocenters. The minimum absolute atomic E-state index is 0.0588. The molecule has 0 fully saturated rings. The van der Waals surface area contributed by atoms with E-state index in [0.717, 1.165) is 14.2 Å². The van der Waals surface area contributed by atoms with Gasteiger partial charge in [0.25, 0.3) is 5.22 Å². The molecule has 0 saturated carbocycles. The summed E-state index contributed by atoms with van der Waals surface area (Å²) in [6, 6.07) is 13.6. The van der Waals surface area contributed by atoms with E-state index in [1.807, 2.05) is 42.5 Å². The van der Waals surface area contributed by atoms with Crippen LogP contribution in [0.4, 0.5) is 0 Å². The maximum Gasteiger partial charge on any atom is 0.277 e. The zero-order valence-corrected chi connectivity index (χ0v) is 14.6. The number of rotatable bonds is 6. The second-order valence-electron chi connectivity index (χ2n) is 4.44. The summed E-state index contributed by atoms with van der Waals surface area (Å²) < 4.78 is 6.51. The summed E-state index contributed by atoms with van der Waals surface area (Å²) in [5, 5.41) is 8.41. The smallest absolute Gasteiger partial charge is 0.277 e. The van der Waals surface area contributed by atoms with Crippen molar-refractivity contribution < 1.29 is 9.21 Å². The van der Waals surface area contributed by atoms with Crippen LogP contribution in [0, 0.1) is 0 Å². The van der Waals surface area contributed by atoms with E-state index in [-0.39, 0.29) is 5.78 Å². The molecule has 22 heavy (non-hydrogen) atoms. The normalized spacial score (nSPS) is 10.8. The molecule has 0 N–H and O–H groups in total. The number of Topliss-reactive ketones (excluding diaryl/α,β-unsaturated/α-hetero) is 1. The number of benzene rings is 1. The summed E-state index contributed by atoms with van der Waals surface area (Å²) in [6.07, 6.45) is 0.597. The van der Waals surface area contributed by atoms with E-state index in [4.69, 9.17) is 4.42 Å². The van der Waals surface area contributed by atoms with Crippen LogP contribution in [0.1, 0.15) is 21.1 Å². The van der Waals surface area contributed by atoms with Gasteiger partial charge in [-0.05, 0) is 33.6 Å². The standard InChI is InChI=1S/C15H11BrN2O2S2/c16-13-7-6-12(22-13)11(19)9-21-15-18-17-14(20-15)8-10-4-2-1-3-5-10/h1-7H,8-9H2. The van der Waals surface area contributed by atoms with Crippen molar-refractivity contribution in [3.8, 4) is 0 Å². The third-order valence-electron chi connectivity index (χ3n) is 2.82. The van der Waals surface area contributed by atoms with Crippen molar-refractivity contribution in [3.05, 3.63) is 62.6 Å². The lowest BCUT2D eigenvalue weighted by Gasteiger charge is -1.95. The molecule has 0 atom stereocenters. The van der Waals surface area contributed by atoms with Gasteiger partial charge in [0.1, 0.15) is 0 Å². The lowest BCUT2D eigenvalue weighted by Crippen LogP contribution is -1.99. The van der Waals surface area contributed by atoms with E-state index in [2.05, 4.69) is 26.1 Å². The van der Waals surface area contributed by atoms with E-state index < -0.39 is 0 Å². The van der Waals surface area contributed by atoms with Crippen LogP contribution in [0.3, 0.4) is 0 Å². The number of aromatic nitrogens is 2. The van der Waals surface area contributed by atoms with Crippen LogP contribution in [0.5, 0.6) is 0 Å². The van der Waals surface area contributed by atoms with Gasteiger partial charge >= 0.3 is 0 Å². The van der Waals surface area contributed by atoms with Gasteiger partial charge in [0, 0.05) is 0 Å². The molecule has 4 nitrogen and oxygen atoms in total. The van der Waals surface area contributed by atoms with Crippen LogP contribution in [0.2, 0.25) is 0 Å². The predicted octanol–water partition coefficient (Wildman–Crippen LogP) is 4.46. The van der Waals surface area contributed by atoms with Gasteiger partial charge in [0.15, 0.2) is 5.78 Å². The van der Waals surface area contributed by atoms with Gasteiger partial charge in [-0.3, -0.25) is 4.79 Å². The van der Waals surface area contributed by atoms with Gasteiger partial charge in [0.2, 0.25) is 5.89 Å². The maximum absolute atomic E-state index is 12.0. The van der Waals surface area contributed by atoms with Crippen LogP contribution < -0.4 is 0 Å². The highest BCUT2D eigenvalue weighted by molar-refractivity contribution is 9.11. The molecule has 3 aromatic rings. The number of carbonyl (C=O) groups is 1. The maximum atomic E-state index is 12.0. The first-order valence-electron chi connectivity index (χ1n) is 6.48. The second kappa shape index (κ2) is 7.21. The Bertz CT molecular complexity index is 771. The van der Waals surface area contributed by atoms with Gasteiger partial charge in [0.05, 0.1) is 20.8 Å². The van der Waals surface area contributed by atoms with Gasteiger partial charge in [-0.1, -0.05) is 42.1 Å².